The molecule has 1 unspecified atom stereocenters. The Labute approximate surface area is 381 Å². The molecule has 0 radical (unpaired) electrons. The van der Waals surface area contributed by atoms with Crippen LogP contribution in [0.2, 0.25) is 0 Å². The van der Waals surface area contributed by atoms with E-state index in [0.717, 1.165) is 89.9 Å². The summed E-state index contributed by atoms with van der Waals surface area (Å²) in [4.78, 5) is 37.8. The van der Waals surface area contributed by atoms with E-state index in [1.165, 1.54) is 83.5 Å². The Morgan fingerprint density at radius 2 is 0.661 bits per heavy atom. The van der Waals surface area contributed by atoms with Crippen LogP contribution in [0.4, 0.5) is 0 Å². The number of hydrogen-bond donors (Lipinski definition) is 0. The summed E-state index contributed by atoms with van der Waals surface area (Å²) in [5, 5.41) is 0. The molecule has 6 heteroatoms. The molecule has 0 rings (SSSR count). The molecule has 0 saturated heterocycles. The van der Waals surface area contributed by atoms with Crippen LogP contribution < -0.4 is 0 Å². The zero-order chi connectivity index (χ0) is 45.1. The number of hydrogen-bond acceptors (Lipinski definition) is 6. The molecule has 0 aliphatic heterocycles. The molecule has 0 fully saturated rings. The van der Waals surface area contributed by atoms with Gasteiger partial charge >= 0.3 is 17.9 Å². The highest BCUT2D eigenvalue weighted by Crippen LogP contribution is 2.15. The second-order valence-electron chi connectivity index (χ2n) is 16.3. The molecule has 1 atom stereocenters. The first kappa shape index (κ1) is 58.3. The number of carbonyl (C=O) groups is 3. The predicted octanol–water partition coefficient (Wildman–Crippen LogP) is 16.6. The molecule has 0 spiro atoms. The van der Waals surface area contributed by atoms with Gasteiger partial charge in [-0.3, -0.25) is 14.4 Å². The Morgan fingerprint density at radius 1 is 0.339 bits per heavy atom. The fourth-order valence-corrected chi connectivity index (χ4v) is 6.62. The SMILES string of the molecule is CC/C=C\C/C=C\C/C=C\C/C=C\C/C=C\C/C=C\CCC(=O)OCC(COC(=O)CCCC/C=C\C/C=C\CC)OC(=O)CCCCCCCCCCCCCCCCCC. The van der Waals surface area contributed by atoms with Crippen LogP contribution in [0.15, 0.2) is 97.2 Å². The Morgan fingerprint density at radius 3 is 1.08 bits per heavy atom. The van der Waals surface area contributed by atoms with E-state index in [4.69, 9.17) is 14.2 Å². The minimum Gasteiger partial charge on any atom is -0.462 e. The van der Waals surface area contributed by atoms with Gasteiger partial charge in [0, 0.05) is 19.3 Å². The van der Waals surface area contributed by atoms with Crippen LogP contribution in [0.1, 0.15) is 220 Å². The maximum Gasteiger partial charge on any atom is 0.306 e. The lowest BCUT2D eigenvalue weighted by Crippen LogP contribution is -2.30. The molecule has 0 aliphatic rings. The second kappa shape index (κ2) is 50.0. The van der Waals surface area contributed by atoms with Crippen molar-refractivity contribution < 1.29 is 28.6 Å². The molecule has 62 heavy (non-hydrogen) atoms. The van der Waals surface area contributed by atoms with Crippen molar-refractivity contribution in [3.63, 3.8) is 0 Å². The number of ether oxygens (including phenoxy) is 3. The summed E-state index contributed by atoms with van der Waals surface area (Å²) in [7, 11) is 0. The molecule has 352 valence electrons. The van der Waals surface area contributed by atoms with E-state index in [1.54, 1.807) is 0 Å². The third kappa shape index (κ3) is 47.4. The van der Waals surface area contributed by atoms with Crippen molar-refractivity contribution in [3.8, 4) is 0 Å². The van der Waals surface area contributed by atoms with Crippen molar-refractivity contribution >= 4 is 17.9 Å². The van der Waals surface area contributed by atoms with Crippen LogP contribution in [-0.4, -0.2) is 37.2 Å². The van der Waals surface area contributed by atoms with Crippen molar-refractivity contribution in [2.75, 3.05) is 13.2 Å². The number of rotatable bonds is 44. The maximum atomic E-state index is 12.8. The number of unbranched alkanes of at least 4 members (excludes halogenated alkanes) is 17. The van der Waals surface area contributed by atoms with Gasteiger partial charge < -0.3 is 14.2 Å². The van der Waals surface area contributed by atoms with Gasteiger partial charge in [-0.05, 0) is 83.5 Å². The molecule has 0 aromatic rings. The molecule has 0 N–H and O–H groups in total. The molecule has 0 aromatic heterocycles. The highest BCUT2D eigenvalue weighted by atomic mass is 16.6. The molecule has 0 heterocycles. The molecule has 0 bridgehead atoms. The minimum atomic E-state index is -0.818. The molecular weight excluding hydrogens is 769 g/mol. The van der Waals surface area contributed by atoms with Crippen molar-refractivity contribution in [1.82, 2.24) is 0 Å². The summed E-state index contributed by atoms with van der Waals surface area (Å²) in [6.45, 7) is 6.30. The second-order valence-corrected chi connectivity index (χ2v) is 16.3. The third-order valence-corrected chi connectivity index (χ3v) is 10.3. The predicted molar refractivity (Wildman–Crippen MR) is 265 cm³/mol. The van der Waals surface area contributed by atoms with E-state index in [-0.39, 0.29) is 37.5 Å². The van der Waals surface area contributed by atoms with Crippen LogP contribution in [0, 0.1) is 0 Å². The summed E-state index contributed by atoms with van der Waals surface area (Å²) in [6, 6.07) is 0. The molecule has 6 nitrogen and oxygen atoms in total. The summed E-state index contributed by atoms with van der Waals surface area (Å²) >= 11 is 0. The molecular formula is C56H92O6. The highest BCUT2D eigenvalue weighted by Gasteiger charge is 2.19. The standard InChI is InChI=1S/C56H92O6/c1-4-7-10-13-16-19-21-23-25-27-28-29-31-32-34-37-40-43-46-49-55(58)61-52-53(51-60-54(57)48-45-42-39-36-18-15-12-9-6-3)62-56(59)50-47-44-41-38-35-33-30-26-24-22-20-17-14-11-8-5-2/h7,9-10,12,16,18-19,23,25,28-29,32,34,36,40,43,53H,4-6,8,11,13-15,17,20-22,24,26-27,30-31,33,35,37-39,41-42,44-52H2,1-3H3/b10-7-,12-9-,19-16-,25-23-,29-28-,34-32-,36-18-,43-40-. The van der Waals surface area contributed by atoms with E-state index < -0.39 is 6.10 Å². The van der Waals surface area contributed by atoms with E-state index in [2.05, 4.69) is 106 Å². The third-order valence-electron chi connectivity index (χ3n) is 10.3. The fraction of sp³-hybridized carbons (Fsp3) is 0.661. The van der Waals surface area contributed by atoms with Crippen LogP contribution in [0.3, 0.4) is 0 Å². The van der Waals surface area contributed by atoms with Gasteiger partial charge in [-0.25, -0.2) is 0 Å². The number of carbonyl (C=O) groups excluding carboxylic acids is 3. The summed E-state index contributed by atoms with van der Waals surface area (Å²) in [5.74, 6) is -1.04. The molecule has 0 aliphatic carbocycles. The largest absolute Gasteiger partial charge is 0.462 e. The summed E-state index contributed by atoms with van der Waals surface area (Å²) in [5.41, 5.74) is 0. The lowest BCUT2D eigenvalue weighted by atomic mass is 10.0. The van der Waals surface area contributed by atoms with Gasteiger partial charge in [-0.15, -0.1) is 0 Å². The summed E-state index contributed by atoms with van der Waals surface area (Å²) in [6.07, 6.45) is 65.6. The fourth-order valence-electron chi connectivity index (χ4n) is 6.62. The van der Waals surface area contributed by atoms with Gasteiger partial charge in [0.2, 0.25) is 0 Å². The smallest absolute Gasteiger partial charge is 0.306 e. The molecule has 0 amide bonds. The van der Waals surface area contributed by atoms with Crippen LogP contribution in [0.25, 0.3) is 0 Å². The lowest BCUT2D eigenvalue weighted by Gasteiger charge is -2.18. The van der Waals surface area contributed by atoms with Crippen molar-refractivity contribution in [2.45, 2.75) is 226 Å². The first-order chi connectivity index (χ1) is 30.5. The number of esters is 3. The average molecular weight is 861 g/mol. The van der Waals surface area contributed by atoms with Crippen molar-refractivity contribution in [2.24, 2.45) is 0 Å². The maximum absolute atomic E-state index is 12.8. The Kier molecular flexibility index (Phi) is 47.0. The first-order valence-corrected chi connectivity index (χ1v) is 25.2. The van der Waals surface area contributed by atoms with Gasteiger partial charge in [0.15, 0.2) is 6.10 Å². The average Bonchev–Trinajstić information content (AvgIpc) is 3.27. The van der Waals surface area contributed by atoms with E-state index in [0.29, 0.717) is 19.3 Å². The van der Waals surface area contributed by atoms with Crippen LogP contribution >= 0.6 is 0 Å². The van der Waals surface area contributed by atoms with Gasteiger partial charge in [-0.2, -0.15) is 0 Å². The zero-order valence-corrected chi connectivity index (χ0v) is 40.1. The van der Waals surface area contributed by atoms with Gasteiger partial charge in [0.05, 0.1) is 0 Å². The Hall–Kier alpha value is -3.67. The number of allylic oxidation sites excluding steroid dienone is 16. The van der Waals surface area contributed by atoms with Crippen LogP contribution in [0.5, 0.6) is 0 Å². The monoisotopic (exact) mass is 861 g/mol. The van der Waals surface area contributed by atoms with E-state index in [9.17, 15) is 14.4 Å². The van der Waals surface area contributed by atoms with Crippen molar-refractivity contribution in [1.29, 1.82) is 0 Å². The van der Waals surface area contributed by atoms with Gasteiger partial charge in [0.1, 0.15) is 13.2 Å². The minimum absolute atomic E-state index is 0.117. The van der Waals surface area contributed by atoms with Crippen LogP contribution in [-0.2, 0) is 28.6 Å². The lowest BCUT2D eigenvalue weighted by molar-refractivity contribution is -0.166. The van der Waals surface area contributed by atoms with Gasteiger partial charge in [-0.1, -0.05) is 214 Å². The van der Waals surface area contributed by atoms with Gasteiger partial charge in [0.25, 0.3) is 0 Å². The molecule has 0 aromatic carbocycles. The van der Waals surface area contributed by atoms with E-state index >= 15 is 0 Å². The summed E-state index contributed by atoms with van der Waals surface area (Å²) < 4.78 is 16.6. The molecule has 0 saturated carbocycles. The zero-order valence-electron chi connectivity index (χ0n) is 40.1. The Bertz CT molecular complexity index is 1260. The highest BCUT2D eigenvalue weighted by molar-refractivity contribution is 5.71. The first-order valence-electron chi connectivity index (χ1n) is 25.2. The van der Waals surface area contributed by atoms with E-state index in [1.807, 2.05) is 12.2 Å². The Balaban J connectivity index is 4.46. The normalized spacial score (nSPS) is 12.9. The van der Waals surface area contributed by atoms with Crippen molar-refractivity contribution in [3.05, 3.63) is 97.2 Å². The quantitative estimate of drug-likeness (QED) is 0.0263. The topological polar surface area (TPSA) is 78.9 Å².